The minimum absolute atomic E-state index is 0.0310. The van der Waals surface area contributed by atoms with E-state index in [1.54, 1.807) is 0 Å². The highest BCUT2D eigenvalue weighted by atomic mass is 35.5. The Morgan fingerprint density at radius 1 is 1.10 bits per heavy atom. The summed E-state index contributed by atoms with van der Waals surface area (Å²) in [5.74, 6) is 0.882. The average molecular weight is 579 g/mol. The number of benzene rings is 1. The number of nitrogens with zero attached hydrogens (tertiary/aromatic N) is 4. The van der Waals surface area contributed by atoms with Crippen molar-refractivity contribution in [2.24, 2.45) is 0 Å². The fourth-order valence-corrected chi connectivity index (χ4v) is 4.10. The minimum atomic E-state index is -5.28. The Hall–Kier alpha value is -4.28. The van der Waals surface area contributed by atoms with E-state index in [1.165, 1.54) is 42.5 Å². The van der Waals surface area contributed by atoms with Gasteiger partial charge in [0.05, 0.1) is 11.7 Å². The zero-order valence-electron chi connectivity index (χ0n) is 20.8. The van der Waals surface area contributed by atoms with Gasteiger partial charge in [0.2, 0.25) is 5.95 Å². The molecule has 0 spiro atoms. The van der Waals surface area contributed by atoms with E-state index in [2.05, 4.69) is 27.0 Å². The summed E-state index contributed by atoms with van der Waals surface area (Å²) in [4.78, 5) is 16.5. The summed E-state index contributed by atoms with van der Waals surface area (Å²) in [6.07, 6.45) is -5.77. The molecule has 8 nitrogen and oxygen atoms in total. The fraction of sp³-hybridized carbons (Fsp3) is 0.231. The molecule has 4 rings (SSSR count). The first-order valence-electron chi connectivity index (χ1n) is 11.5. The van der Waals surface area contributed by atoms with Crippen molar-refractivity contribution in [3.63, 3.8) is 0 Å². The number of carbonyl (C=O) groups excluding carboxylic acids is 1. The summed E-state index contributed by atoms with van der Waals surface area (Å²) in [5, 5.41) is 19.8. The SMILES string of the molecule is CC(C)(O)C#Cc1ccc(-c2ccc(Cl)n3c(N)nnc23)c([C@H](Cc2cc(F)cc(F)c2)NC(=O)C(F)(F)F)n1. The molecule has 0 bridgehead atoms. The molecule has 1 aromatic carbocycles. The number of aliphatic hydroxyl groups is 1. The van der Waals surface area contributed by atoms with Crippen molar-refractivity contribution < 1.29 is 31.9 Å². The van der Waals surface area contributed by atoms with E-state index in [0.29, 0.717) is 6.07 Å². The third-order valence-electron chi connectivity index (χ3n) is 5.50. The molecule has 0 saturated carbocycles. The molecule has 3 aromatic heterocycles. The normalized spacial score (nSPS) is 12.6. The topological polar surface area (TPSA) is 118 Å². The number of rotatable bonds is 5. The van der Waals surface area contributed by atoms with Crippen LogP contribution in [0.3, 0.4) is 0 Å². The molecule has 4 aromatic rings. The monoisotopic (exact) mass is 578 g/mol. The lowest BCUT2D eigenvalue weighted by Crippen LogP contribution is -2.40. The Bertz CT molecular complexity index is 1650. The molecular weight excluding hydrogens is 559 g/mol. The van der Waals surface area contributed by atoms with Crippen LogP contribution in [0.4, 0.5) is 27.9 Å². The van der Waals surface area contributed by atoms with E-state index in [9.17, 15) is 31.9 Å². The highest BCUT2D eigenvalue weighted by Crippen LogP contribution is 2.34. The molecule has 1 amide bonds. The second kappa shape index (κ2) is 10.7. The number of pyridine rings is 2. The van der Waals surface area contributed by atoms with Gasteiger partial charge in [0.15, 0.2) is 5.65 Å². The van der Waals surface area contributed by atoms with Gasteiger partial charge in [-0.3, -0.25) is 9.20 Å². The molecule has 1 atom stereocenters. The van der Waals surface area contributed by atoms with Crippen molar-refractivity contribution in [2.45, 2.75) is 38.1 Å². The number of halogens is 6. The van der Waals surface area contributed by atoms with Crippen LogP contribution in [0.25, 0.3) is 16.8 Å². The molecule has 0 aliphatic rings. The van der Waals surface area contributed by atoms with E-state index in [-0.39, 0.29) is 44.8 Å². The van der Waals surface area contributed by atoms with Crippen LogP contribution < -0.4 is 11.1 Å². The van der Waals surface area contributed by atoms with Crippen LogP contribution in [-0.4, -0.2) is 42.4 Å². The molecular formula is C26H20ClF5N6O2. The van der Waals surface area contributed by atoms with Gasteiger partial charge >= 0.3 is 12.1 Å². The lowest BCUT2D eigenvalue weighted by Gasteiger charge is -2.23. The van der Waals surface area contributed by atoms with Gasteiger partial charge in [0.1, 0.15) is 28.1 Å². The summed E-state index contributed by atoms with van der Waals surface area (Å²) in [7, 11) is 0. The number of nitrogens with one attached hydrogen (secondary N) is 1. The Morgan fingerprint density at radius 2 is 1.75 bits per heavy atom. The lowest BCUT2D eigenvalue weighted by atomic mass is 9.95. The molecule has 0 aliphatic heterocycles. The zero-order valence-corrected chi connectivity index (χ0v) is 21.6. The maximum Gasteiger partial charge on any atom is 0.471 e. The van der Waals surface area contributed by atoms with Gasteiger partial charge in [-0.1, -0.05) is 17.5 Å². The highest BCUT2D eigenvalue weighted by molar-refractivity contribution is 6.30. The van der Waals surface area contributed by atoms with Gasteiger partial charge in [-0.05, 0) is 68.2 Å². The van der Waals surface area contributed by atoms with Crippen molar-refractivity contribution in [1.29, 1.82) is 0 Å². The average Bonchev–Trinajstić information content (AvgIpc) is 3.23. The number of hydrogen-bond acceptors (Lipinski definition) is 6. The summed E-state index contributed by atoms with van der Waals surface area (Å²) in [6.45, 7) is 2.83. The molecule has 0 radical (unpaired) electrons. The maximum atomic E-state index is 14.0. The summed E-state index contributed by atoms with van der Waals surface area (Å²) in [6, 6.07) is 6.73. The van der Waals surface area contributed by atoms with Crippen molar-refractivity contribution in [2.75, 3.05) is 5.73 Å². The first-order chi connectivity index (χ1) is 18.6. The quantitative estimate of drug-likeness (QED) is 0.184. The van der Waals surface area contributed by atoms with Gasteiger partial charge < -0.3 is 16.2 Å². The van der Waals surface area contributed by atoms with E-state index >= 15 is 0 Å². The molecule has 0 unspecified atom stereocenters. The number of hydrogen-bond donors (Lipinski definition) is 3. The molecule has 40 heavy (non-hydrogen) atoms. The summed E-state index contributed by atoms with van der Waals surface area (Å²) < 4.78 is 69.3. The van der Waals surface area contributed by atoms with Crippen LogP contribution in [0.1, 0.15) is 36.8 Å². The first kappa shape index (κ1) is 28.7. The van der Waals surface area contributed by atoms with Crippen LogP contribution in [0.5, 0.6) is 0 Å². The first-order valence-corrected chi connectivity index (χ1v) is 11.9. The maximum absolute atomic E-state index is 14.0. The minimum Gasteiger partial charge on any atom is -0.378 e. The Morgan fingerprint density at radius 3 is 2.38 bits per heavy atom. The van der Waals surface area contributed by atoms with Crippen LogP contribution >= 0.6 is 11.6 Å². The van der Waals surface area contributed by atoms with Crippen molar-refractivity contribution >= 4 is 29.1 Å². The summed E-state index contributed by atoms with van der Waals surface area (Å²) in [5.41, 5.74) is 4.84. The fourth-order valence-electron chi connectivity index (χ4n) is 3.87. The molecule has 208 valence electrons. The van der Waals surface area contributed by atoms with Crippen molar-refractivity contribution in [3.05, 3.63) is 76.2 Å². The summed E-state index contributed by atoms with van der Waals surface area (Å²) >= 11 is 6.22. The standard InChI is InChI=1S/C26H20ClF5N6O2/c1-25(2,40)8-7-16-3-4-17(18-5-6-20(27)38-22(18)36-37-24(38)33)21(34-16)19(35-23(39)26(30,31)32)11-13-9-14(28)12-15(29)10-13/h3-6,9-10,12,19,40H,11H2,1-2H3,(H2,33,37)(H,35,39)/t19-/m0/s1. The smallest absolute Gasteiger partial charge is 0.378 e. The highest BCUT2D eigenvalue weighted by Gasteiger charge is 2.40. The number of nitrogens with two attached hydrogens (primary N) is 1. The predicted octanol–water partition coefficient (Wildman–Crippen LogP) is 4.39. The zero-order chi connectivity index (χ0) is 29.4. The van der Waals surface area contributed by atoms with Crippen LogP contribution in [-0.2, 0) is 11.2 Å². The molecule has 0 saturated heterocycles. The van der Waals surface area contributed by atoms with E-state index in [0.717, 1.165) is 12.1 Å². The number of nitrogen functional groups attached to an aromatic ring is 1. The van der Waals surface area contributed by atoms with Crippen molar-refractivity contribution in [1.82, 2.24) is 24.9 Å². The van der Waals surface area contributed by atoms with Gasteiger partial charge in [-0.2, -0.15) is 13.2 Å². The van der Waals surface area contributed by atoms with Gasteiger partial charge in [-0.15, -0.1) is 10.2 Å². The molecule has 4 N–H and O–H groups in total. The predicted molar refractivity (Wildman–Crippen MR) is 136 cm³/mol. The van der Waals surface area contributed by atoms with Gasteiger partial charge in [0.25, 0.3) is 0 Å². The Kier molecular flexibility index (Phi) is 7.69. The molecule has 14 heteroatoms. The number of aromatic nitrogens is 4. The number of alkyl halides is 3. The van der Waals surface area contributed by atoms with Crippen molar-refractivity contribution in [3.8, 4) is 23.0 Å². The van der Waals surface area contributed by atoms with E-state index in [4.69, 9.17) is 17.3 Å². The van der Waals surface area contributed by atoms with E-state index < -0.39 is 41.8 Å². The number of anilines is 1. The number of amides is 1. The number of fused-ring (bicyclic) bond motifs is 1. The van der Waals surface area contributed by atoms with Crippen LogP contribution in [0.15, 0.2) is 42.5 Å². The Balaban J connectivity index is 1.97. The second-order valence-corrected chi connectivity index (χ2v) is 9.62. The van der Waals surface area contributed by atoms with Crippen LogP contribution in [0.2, 0.25) is 5.15 Å². The van der Waals surface area contributed by atoms with Gasteiger partial charge in [-0.25, -0.2) is 13.8 Å². The number of carbonyl (C=O) groups is 1. The van der Waals surface area contributed by atoms with Gasteiger partial charge in [0, 0.05) is 17.2 Å². The van der Waals surface area contributed by atoms with Crippen LogP contribution in [0, 0.1) is 23.5 Å². The largest absolute Gasteiger partial charge is 0.471 e. The molecule has 0 aliphatic carbocycles. The Labute approximate surface area is 229 Å². The third-order valence-corrected chi connectivity index (χ3v) is 5.79. The third kappa shape index (κ3) is 6.47. The lowest BCUT2D eigenvalue weighted by molar-refractivity contribution is -0.174. The second-order valence-electron chi connectivity index (χ2n) is 9.23. The molecule has 3 heterocycles. The molecule has 0 fully saturated rings. The van der Waals surface area contributed by atoms with E-state index in [1.807, 2.05) is 5.32 Å².